The summed E-state index contributed by atoms with van der Waals surface area (Å²) in [6.45, 7) is -0.226. The second-order valence-electron chi connectivity index (χ2n) is 2.63. The van der Waals surface area contributed by atoms with Crippen molar-refractivity contribution in [2.24, 2.45) is 0 Å². The minimum atomic E-state index is -0.628. The Balaban J connectivity index is 2.67. The quantitative estimate of drug-likeness (QED) is 0.424. The fraction of sp³-hybridized carbons (Fsp3) is 0.100. The van der Waals surface area contributed by atoms with Crippen molar-refractivity contribution < 1.29 is 19.1 Å². The average Bonchev–Trinajstić information content (AvgIpc) is 2.27. The van der Waals surface area contributed by atoms with Crippen molar-refractivity contribution in [3.05, 3.63) is 29.8 Å². The van der Waals surface area contributed by atoms with E-state index in [4.69, 9.17) is 4.74 Å². The number of carbonyl (C=O) groups excluding carboxylic acids is 3. The molecule has 0 radical (unpaired) electrons. The lowest BCUT2D eigenvalue weighted by Gasteiger charge is -2.05. The van der Waals surface area contributed by atoms with Gasteiger partial charge in [-0.25, -0.2) is 4.79 Å². The summed E-state index contributed by atoms with van der Waals surface area (Å²) in [5.74, 6) is -0.443. The van der Waals surface area contributed by atoms with Crippen molar-refractivity contribution in [2.45, 2.75) is 0 Å². The van der Waals surface area contributed by atoms with Crippen molar-refractivity contribution in [2.75, 3.05) is 6.54 Å². The molecule has 0 fully saturated rings. The highest BCUT2D eigenvalue weighted by atomic mass is 16.5. The fourth-order valence-corrected chi connectivity index (χ4v) is 0.955. The Labute approximate surface area is 86.0 Å². The zero-order valence-corrected chi connectivity index (χ0v) is 7.80. The molecule has 5 heteroatoms. The van der Waals surface area contributed by atoms with Gasteiger partial charge >= 0.3 is 5.97 Å². The van der Waals surface area contributed by atoms with Gasteiger partial charge in [0.2, 0.25) is 6.41 Å². The second kappa shape index (κ2) is 5.54. The molecule has 15 heavy (non-hydrogen) atoms. The molecule has 0 aliphatic carbocycles. The van der Waals surface area contributed by atoms with Crippen LogP contribution in [0.4, 0.5) is 0 Å². The van der Waals surface area contributed by atoms with E-state index in [2.05, 4.69) is 5.32 Å². The summed E-state index contributed by atoms with van der Waals surface area (Å²) in [5, 5.41) is 2.16. The van der Waals surface area contributed by atoms with Crippen LogP contribution >= 0.6 is 0 Å². The van der Waals surface area contributed by atoms with Crippen LogP contribution in [0.2, 0.25) is 0 Å². The van der Waals surface area contributed by atoms with E-state index in [0.29, 0.717) is 12.7 Å². The van der Waals surface area contributed by atoms with Crippen LogP contribution in [0.1, 0.15) is 10.4 Å². The Bertz CT molecular complexity index is 375. The fourth-order valence-electron chi connectivity index (χ4n) is 0.955. The monoisotopic (exact) mass is 207 g/mol. The lowest BCUT2D eigenvalue weighted by molar-refractivity contribution is -0.134. The molecule has 0 aliphatic heterocycles. The summed E-state index contributed by atoms with van der Waals surface area (Å²) in [6.07, 6.45) is 0.989. The second-order valence-corrected chi connectivity index (χ2v) is 2.63. The number of hydrogen-bond acceptors (Lipinski definition) is 4. The SMILES string of the molecule is O=CNCC(=O)Oc1ccccc1C=O. The van der Waals surface area contributed by atoms with Crippen LogP contribution in [0, 0.1) is 0 Å². The van der Waals surface area contributed by atoms with Gasteiger partial charge in [-0.3, -0.25) is 9.59 Å². The molecule has 0 heterocycles. The largest absolute Gasteiger partial charge is 0.424 e. The van der Waals surface area contributed by atoms with E-state index >= 15 is 0 Å². The van der Waals surface area contributed by atoms with Gasteiger partial charge in [0.15, 0.2) is 6.29 Å². The van der Waals surface area contributed by atoms with E-state index in [1.807, 2.05) is 0 Å². The molecule has 0 bridgehead atoms. The van der Waals surface area contributed by atoms with Crippen molar-refractivity contribution in [1.82, 2.24) is 5.32 Å². The Morgan fingerprint density at radius 2 is 2.07 bits per heavy atom. The van der Waals surface area contributed by atoms with Gasteiger partial charge in [-0.15, -0.1) is 0 Å². The number of carbonyl (C=O) groups is 3. The van der Waals surface area contributed by atoms with Gasteiger partial charge in [0.05, 0.1) is 5.56 Å². The van der Waals surface area contributed by atoms with Crippen LogP contribution in [0.3, 0.4) is 0 Å². The van der Waals surface area contributed by atoms with E-state index < -0.39 is 5.97 Å². The number of para-hydroxylation sites is 1. The van der Waals surface area contributed by atoms with E-state index in [-0.39, 0.29) is 17.9 Å². The van der Waals surface area contributed by atoms with Gasteiger partial charge < -0.3 is 10.1 Å². The maximum Gasteiger partial charge on any atom is 0.330 e. The molecule has 5 nitrogen and oxygen atoms in total. The lowest BCUT2D eigenvalue weighted by atomic mass is 10.2. The van der Waals surface area contributed by atoms with Crippen LogP contribution < -0.4 is 10.1 Å². The zero-order valence-electron chi connectivity index (χ0n) is 7.80. The number of aldehydes is 1. The molecule has 0 unspecified atom stereocenters. The predicted octanol–water partition coefficient (Wildman–Crippen LogP) is 0.150. The summed E-state index contributed by atoms with van der Waals surface area (Å²) in [5.41, 5.74) is 0.289. The standard InChI is InChI=1S/C10H9NO4/c12-6-8-3-1-2-4-9(8)15-10(14)5-11-7-13/h1-4,6-7H,5H2,(H,11,13). The van der Waals surface area contributed by atoms with Crippen molar-refractivity contribution in [3.8, 4) is 5.75 Å². The Kier molecular flexibility index (Phi) is 4.03. The van der Waals surface area contributed by atoms with Crippen LogP contribution in [0.25, 0.3) is 0 Å². The van der Waals surface area contributed by atoms with E-state index in [1.54, 1.807) is 12.1 Å². The van der Waals surface area contributed by atoms with Crippen LogP contribution in [-0.4, -0.2) is 25.2 Å². The molecule has 0 atom stereocenters. The van der Waals surface area contributed by atoms with Gasteiger partial charge in [-0.2, -0.15) is 0 Å². The summed E-state index contributed by atoms with van der Waals surface area (Å²) in [7, 11) is 0. The summed E-state index contributed by atoms with van der Waals surface area (Å²) < 4.78 is 4.85. The lowest BCUT2D eigenvalue weighted by Crippen LogP contribution is -2.25. The Morgan fingerprint density at radius 3 is 2.73 bits per heavy atom. The minimum absolute atomic E-state index is 0.185. The highest BCUT2D eigenvalue weighted by molar-refractivity contribution is 5.83. The van der Waals surface area contributed by atoms with Crippen LogP contribution in [-0.2, 0) is 9.59 Å². The molecule has 1 amide bonds. The summed E-state index contributed by atoms with van der Waals surface area (Å²) in [6, 6.07) is 6.33. The smallest absolute Gasteiger partial charge is 0.330 e. The maximum atomic E-state index is 11.1. The third kappa shape index (κ3) is 3.22. The molecule has 1 aromatic rings. The van der Waals surface area contributed by atoms with E-state index in [9.17, 15) is 14.4 Å². The van der Waals surface area contributed by atoms with E-state index in [0.717, 1.165) is 0 Å². The zero-order chi connectivity index (χ0) is 11.1. The number of amides is 1. The first-order chi connectivity index (χ1) is 7.27. The first-order valence-corrected chi connectivity index (χ1v) is 4.20. The van der Waals surface area contributed by atoms with E-state index in [1.165, 1.54) is 12.1 Å². The molecule has 1 rings (SSSR count). The van der Waals surface area contributed by atoms with Gasteiger partial charge in [0, 0.05) is 0 Å². The molecular weight excluding hydrogens is 198 g/mol. The Morgan fingerprint density at radius 1 is 1.33 bits per heavy atom. The molecular formula is C10H9NO4. The summed E-state index contributed by atoms with van der Waals surface area (Å²) >= 11 is 0. The first kappa shape index (κ1) is 10.9. The number of esters is 1. The molecule has 0 aliphatic rings. The van der Waals surface area contributed by atoms with Crippen molar-refractivity contribution in [3.63, 3.8) is 0 Å². The number of nitrogens with one attached hydrogen (secondary N) is 1. The van der Waals surface area contributed by atoms with Gasteiger partial charge in [0.1, 0.15) is 12.3 Å². The maximum absolute atomic E-state index is 11.1. The topological polar surface area (TPSA) is 72.5 Å². The average molecular weight is 207 g/mol. The predicted molar refractivity (Wildman–Crippen MR) is 51.5 cm³/mol. The van der Waals surface area contributed by atoms with Crippen molar-refractivity contribution in [1.29, 1.82) is 0 Å². The number of benzene rings is 1. The van der Waals surface area contributed by atoms with Crippen LogP contribution in [0.5, 0.6) is 5.75 Å². The summed E-state index contributed by atoms with van der Waals surface area (Å²) in [4.78, 5) is 31.5. The third-order valence-corrected chi connectivity index (χ3v) is 1.60. The first-order valence-electron chi connectivity index (χ1n) is 4.20. The molecule has 0 saturated carbocycles. The molecule has 0 spiro atoms. The van der Waals surface area contributed by atoms with Gasteiger partial charge in [0.25, 0.3) is 0 Å². The number of ether oxygens (including phenoxy) is 1. The molecule has 1 N–H and O–H groups in total. The molecule has 0 saturated heterocycles. The minimum Gasteiger partial charge on any atom is -0.424 e. The van der Waals surface area contributed by atoms with Crippen molar-refractivity contribution >= 4 is 18.7 Å². The Hall–Kier alpha value is -2.17. The highest BCUT2D eigenvalue weighted by Crippen LogP contribution is 2.15. The van der Waals surface area contributed by atoms with Gasteiger partial charge in [-0.05, 0) is 12.1 Å². The third-order valence-electron chi connectivity index (χ3n) is 1.60. The molecule has 78 valence electrons. The number of rotatable bonds is 5. The highest BCUT2D eigenvalue weighted by Gasteiger charge is 2.07. The van der Waals surface area contributed by atoms with Crippen LogP contribution in [0.15, 0.2) is 24.3 Å². The normalized spacial score (nSPS) is 9.07. The molecule has 0 aromatic heterocycles. The number of hydrogen-bond donors (Lipinski definition) is 1. The van der Waals surface area contributed by atoms with Gasteiger partial charge in [-0.1, -0.05) is 12.1 Å². The molecule has 1 aromatic carbocycles.